The molecule has 0 aromatic heterocycles. The average molecular weight is 319 g/mol. The molecule has 3 N–H and O–H groups in total. The molecule has 0 amide bonds. The molecular formula is C12H12Cl2N2O4. The van der Waals surface area contributed by atoms with Crippen LogP contribution in [0.2, 0.25) is 0 Å². The predicted molar refractivity (Wildman–Crippen MR) is 75.1 cm³/mol. The number of carbonyl (C=O) groups is 1. The van der Waals surface area contributed by atoms with Crippen molar-refractivity contribution in [3.8, 4) is 0 Å². The molecule has 0 aliphatic heterocycles. The van der Waals surface area contributed by atoms with Crippen molar-refractivity contribution in [1.82, 2.24) is 0 Å². The van der Waals surface area contributed by atoms with Gasteiger partial charge in [-0.3, -0.25) is 10.8 Å². The van der Waals surface area contributed by atoms with E-state index in [-0.39, 0.29) is 28.2 Å². The van der Waals surface area contributed by atoms with Gasteiger partial charge >= 0.3 is 5.97 Å². The van der Waals surface area contributed by atoms with Crippen molar-refractivity contribution in [2.45, 2.75) is 5.56 Å². The number of rotatable bonds is 4. The first kappa shape index (κ1) is 16.4. The zero-order valence-electron chi connectivity index (χ0n) is 10.7. The van der Waals surface area contributed by atoms with Gasteiger partial charge in [-0.25, -0.2) is 4.79 Å². The Labute approximate surface area is 125 Å². The minimum atomic E-state index is -1.46. The summed E-state index contributed by atoms with van der Waals surface area (Å²) in [4.78, 5) is 11.7. The van der Waals surface area contributed by atoms with Crippen LogP contribution in [0.1, 0.15) is 32.6 Å². The fourth-order valence-corrected chi connectivity index (χ4v) is 1.92. The molecular weight excluding hydrogens is 307 g/mol. The van der Waals surface area contributed by atoms with Crippen molar-refractivity contribution in [1.29, 1.82) is 10.8 Å². The van der Waals surface area contributed by atoms with Crippen molar-refractivity contribution < 1.29 is 19.4 Å². The first-order valence-electron chi connectivity index (χ1n) is 5.29. The molecule has 0 bridgehead atoms. The number of aliphatic hydroxyl groups is 1. The smallest absolute Gasteiger partial charge is 0.338 e. The number of alkyl halides is 1. The van der Waals surface area contributed by atoms with E-state index in [1.807, 2.05) is 0 Å². The predicted octanol–water partition coefficient (Wildman–Crippen LogP) is 2.24. The number of aliphatic hydroxyl groups excluding tert-OH is 1. The molecule has 0 saturated heterocycles. The summed E-state index contributed by atoms with van der Waals surface area (Å²) in [6.45, 7) is 0. The monoisotopic (exact) mass is 318 g/mol. The standard InChI is InChI=1S/C12H12Cl2N2O4/c1-19-11(16)7-3-5(9(13)15)8(12(18)20-2)4-6(7)10(14)17/h3-4,10,15-17H,1-2H3. The van der Waals surface area contributed by atoms with Crippen LogP contribution < -0.4 is 0 Å². The molecule has 0 radical (unpaired) electrons. The van der Waals surface area contributed by atoms with E-state index in [9.17, 15) is 9.90 Å². The number of halogens is 2. The Morgan fingerprint density at radius 3 is 2.20 bits per heavy atom. The van der Waals surface area contributed by atoms with Gasteiger partial charge in [-0.05, 0) is 12.1 Å². The Morgan fingerprint density at radius 1 is 1.20 bits per heavy atom. The Hall–Kier alpha value is -1.63. The van der Waals surface area contributed by atoms with Crippen LogP contribution in [0.5, 0.6) is 0 Å². The first-order chi connectivity index (χ1) is 9.33. The number of hydrogen-bond acceptors (Lipinski definition) is 6. The molecule has 0 aliphatic rings. The van der Waals surface area contributed by atoms with E-state index in [1.54, 1.807) is 0 Å². The summed E-state index contributed by atoms with van der Waals surface area (Å²) >= 11 is 11.3. The Balaban J connectivity index is 3.63. The van der Waals surface area contributed by atoms with E-state index in [1.165, 1.54) is 26.4 Å². The van der Waals surface area contributed by atoms with Crippen LogP contribution in [0.3, 0.4) is 0 Å². The maximum absolute atomic E-state index is 11.7. The fourth-order valence-electron chi connectivity index (χ4n) is 1.58. The molecule has 0 saturated carbocycles. The number of carbonyl (C=O) groups excluding carboxylic acids is 1. The van der Waals surface area contributed by atoms with Crippen molar-refractivity contribution in [2.24, 2.45) is 0 Å². The number of methoxy groups -OCH3 is 2. The molecule has 8 heteroatoms. The highest BCUT2D eigenvalue weighted by molar-refractivity contribution is 6.69. The average Bonchev–Trinajstić information content (AvgIpc) is 2.43. The third-order valence-corrected chi connectivity index (χ3v) is 2.98. The lowest BCUT2D eigenvalue weighted by atomic mass is 9.98. The number of hydrogen-bond donors (Lipinski definition) is 3. The molecule has 1 rings (SSSR count). The van der Waals surface area contributed by atoms with E-state index in [2.05, 4.69) is 4.74 Å². The second kappa shape index (κ2) is 6.69. The topological polar surface area (TPSA) is 103 Å². The number of esters is 1. The molecule has 1 aromatic rings. The molecule has 20 heavy (non-hydrogen) atoms. The molecule has 1 unspecified atom stereocenters. The van der Waals surface area contributed by atoms with Gasteiger partial charge in [0.1, 0.15) is 5.17 Å². The van der Waals surface area contributed by atoms with Gasteiger partial charge in [-0.2, -0.15) is 0 Å². The van der Waals surface area contributed by atoms with E-state index in [0.29, 0.717) is 0 Å². The highest BCUT2D eigenvalue weighted by atomic mass is 35.5. The van der Waals surface area contributed by atoms with Gasteiger partial charge < -0.3 is 14.6 Å². The molecule has 6 nitrogen and oxygen atoms in total. The van der Waals surface area contributed by atoms with Gasteiger partial charge in [0.15, 0.2) is 5.56 Å². The van der Waals surface area contributed by atoms with Gasteiger partial charge in [0.2, 0.25) is 5.90 Å². The van der Waals surface area contributed by atoms with Gasteiger partial charge in [-0.1, -0.05) is 23.2 Å². The van der Waals surface area contributed by atoms with E-state index < -0.39 is 16.7 Å². The minimum absolute atomic E-state index is 0.0325. The van der Waals surface area contributed by atoms with Gasteiger partial charge in [0, 0.05) is 16.7 Å². The van der Waals surface area contributed by atoms with Gasteiger partial charge in [0.25, 0.3) is 0 Å². The second-order valence-electron chi connectivity index (χ2n) is 3.66. The summed E-state index contributed by atoms with van der Waals surface area (Å²) in [6.07, 6.45) is 0. The maximum atomic E-state index is 11.7. The highest BCUT2D eigenvalue weighted by Gasteiger charge is 2.23. The summed E-state index contributed by atoms with van der Waals surface area (Å²) in [6, 6.07) is 2.49. The van der Waals surface area contributed by atoms with Gasteiger partial charge in [-0.15, -0.1) is 0 Å². The summed E-state index contributed by atoms with van der Waals surface area (Å²) in [5.41, 5.74) is -1.22. The zero-order valence-corrected chi connectivity index (χ0v) is 12.2. The number of nitrogens with one attached hydrogen (secondary N) is 2. The normalized spacial score (nSPS) is 11.7. The Kier molecular flexibility index (Phi) is 5.50. The van der Waals surface area contributed by atoms with Crippen molar-refractivity contribution >= 4 is 40.2 Å². The maximum Gasteiger partial charge on any atom is 0.338 e. The first-order valence-corrected chi connectivity index (χ1v) is 6.10. The third-order valence-electron chi connectivity index (χ3n) is 2.54. The Morgan fingerprint density at radius 2 is 1.80 bits per heavy atom. The van der Waals surface area contributed by atoms with Crippen LogP contribution in [0, 0.1) is 10.8 Å². The molecule has 0 fully saturated rings. The second-order valence-corrected chi connectivity index (χ2v) is 4.45. The quantitative estimate of drug-likeness (QED) is 0.343. The summed E-state index contributed by atoms with van der Waals surface area (Å²) in [5.74, 6) is -1.02. The lowest BCUT2D eigenvalue weighted by Crippen LogP contribution is -2.14. The summed E-state index contributed by atoms with van der Waals surface area (Å²) < 4.78 is 9.36. The minimum Gasteiger partial charge on any atom is -0.481 e. The van der Waals surface area contributed by atoms with Crippen molar-refractivity contribution in [2.75, 3.05) is 14.2 Å². The fraction of sp³-hybridized carbons (Fsp3) is 0.250. The lowest BCUT2D eigenvalue weighted by Gasteiger charge is -2.15. The van der Waals surface area contributed by atoms with Gasteiger partial charge in [0.05, 0.1) is 19.8 Å². The van der Waals surface area contributed by atoms with Crippen LogP contribution in [0.15, 0.2) is 12.1 Å². The SMILES string of the molecule is COC(=N)c1cc(C(=N)Cl)c(C(=O)OC)cc1C(O)Cl. The number of ether oxygens (including phenoxy) is 2. The van der Waals surface area contributed by atoms with Crippen molar-refractivity contribution in [3.05, 3.63) is 34.4 Å². The zero-order chi connectivity index (χ0) is 15.4. The van der Waals surface area contributed by atoms with Crippen molar-refractivity contribution in [3.63, 3.8) is 0 Å². The molecule has 1 atom stereocenters. The van der Waals surface area contributed by atoms with E-state index >= 15 is 0 Å². The summed E-state index contributed by atoms with van der Waals surface area (Å²) in [5, 5.41) is 24.2. The van der Waals surface area contributed by atoms with Crippen LogP contribution in [0.4, 0.5) is 0 Å². The number of benzene rings is 1. The van der Waals surface area contributed by atoms with Crippen LogP contribution >= 0.6 is 23.2 Å². The highest BCUT2D eigenvalue weighted by Crippen LogP contribution is 2.27. The van der Waals surface area contributed by atoms with Crippen LogP contribution in [-0.2, 0) is 9.47 Å². The molecule has 0 spiro atoms. The van der Waals surface area contributed by atoms with Crippen LogP contribution in [0.25, 0.3) is 0 Å². The molecule has 0 heterocycles. The molecule has 1 aromatic carbocycles. The molecule has 0 aliphatic carbocycles. The lowest BCUT2D eigenvalue weighted by molar-refractivity contribution is 0.0600. The third kappa shape index (κ3) is 3.27. The summed E-state index contributed by atoms with van der Waals surface area (Å²) in [7, 11) is 2.44. The largest absolute Gasteiger partial charge is 0.481 e. The van der Waals surface area contributed by atoms with E-state index in [0.717, 1.165) is 0 Å². The molecule has 108 valence electrons. The van der Waals surface area contributed by atoms with Crippen LogP contribution in [-0.4, -0.2) is 36.4 Å². The Bertz CT molecular complexity index is 573. The van der Waals surface area contributed by atoms with E-state index in [4.69, 9.17) is 38.8 Å².